The first-order chi connectivity index (χ1) is 10.0. The summed E-state index contributed by atoms with van der Waals surface area (Å²) in [4.78, 5) is 14.2. The number of aromatic nitrogens is 2. The van der Waals surface area contributed by atoms with Gasteiger partial charge in [0.1, 0.15) is 0 Å². The number of aryl methyl sites for hydroxylation is 2. The van der Waals surface area contributed by atoms with Crippen LogP contribution in [0.4, 0.5) is 0 Å². The van der Waals surface area contributed by atoms with Crippen LogP contribution in [-0.4, -0.2) is 22.7 Å². The van der Waals surface area contributed by atoms with Crippen LogP contribution in [-0.2, 0) is 9.53 Å². The van der Waals surface area contributed by atoms with Crippen LogP contribution in [0.1, 0.15) is 38.1 Å². The lowest BCUT2D eigenvalue weighted by molar-refractivity contribution is -0.141. The SMILES string of the molecule is CCCCOC(C)=O.Cc1cccc(-c2nc(C)no2)c1. The Labute approximate surface area is 125 Å². The summed E-state index contributed by atoms with van der Waals surface area (Å²) in [7, 11) is 0. The van der Waals surface area contributed by atoms with Gasteiger partial charge in [-0.05, 0) is 32.4 Å². The number of carbonyl (C=O) groups is 1. The van der Waals surface area contributed by atoms with Crippen LogP contribution in [0.3, 0.4) is 0 Å². The molecule has 0 radical (unpaired) electrons. The van der Waals surface area contributed by atoms with E-state index >= 15 is 0 Å². The molecule has 0 atom stereocenters. The highest BCUT2D eigenvalue weighted by Gasteiger charge is 2.04. The third-order valence-electron chi connectivity index (χ3n) is 2.60. The van der Waals surface area contributed by atoms with E-state index in [1.165, 1.54) is 12.5 Å². The molecule has 2 aromatic rings. The number of benzene rings is 1. The van der Waals surface area contributed by atoms with Crippen LogP contribution >= 0.6 is 0 Å². The monoisotopic (exact) mass is 290 g/mol. The zero-order valence-electron chi connectivity index (χ0n) is 13.0. The maximum atomic E-state index is 10.1. The Morgan fingerprint density at radius 2 is 2.10 bits per heavy atom. The van der Waals surface area contributed by atoms with E-state index < -0.39 is 0 Å². The van der Waals surface area contributed by atoms with Gasteiger partial charge < -0.3 is 9.26 Å². The highest BCUT2D eigenvalue weighted by Crippen LogP contribution is 2.17. The number of ether oxygens (including phenoxy) is 1. The Morgan fingerprint density at radius 1 is 1.33 bits per heavy atom. The molecule has 0 spiro atoms. The van der Waals surface area contributed by atoms with Crippen molar-refractivity contribution in [2.75, 3.05) is 6.61 Å². The second-order valence-electron chi connectivity index (χ2n) is 4.71. The van der Waals surface area contributed by atoms with Gasteiger partial charge >= 0.3 is 5.97 Å². The van der Waals surface area contributed by atoms with E-state index in [9.17, 15) is 4.79 Å². The molecule has 0 fully saturated rings. The van der Waals surface area contributed by atoms with Crippen molar-refractivity contribution in [1.29, 1.82) is 0 Å². The third kappa shape index (κ3) is 6.70. The normalized spacial score (nSPS) is 9.71. The second kappa shape index (κ2) is 8.89. The molecule has 0 saturated carbocycles. The van der Waals surface area contributed by atoms with Crippen LogP contribution in [0.15, 0.2) is 28.8 Å². The fourth-order valence-corrected chi connectivity index (χ4v) is 1.55. The Bertz CT molecular complexity index is 564. The molecule has 2 rings (SSSR count). The van der Waals surface area contributed by atoms with Gasteiger partial charge in [0.25, 0.3) is 5.89 Å². The molecule has 0 aliphatic carbocycles. The molecule has 5 heteroatoms. The number of hydrogen-bond donors (Lipinski definition) is 0. The van der Waals surface area contributed by atoms with E-state index in [0.717, 1.165) is 18.4 Å². The summed E-state index contributed by atoms with van der Waals surface area (Å²) in [5, 5.41) is 3.74. The van der Waals surface area contributed by atoms with Gasteiger partial charge in [0.2, 0.25) is 0 Å². The van der Waals surface area contributed by atoms with Crippen molar-refractivity contribution in [3.05, 3.63) is 35.7 Å². The molecule has 21 heavy (non-hydrogen) atoms. The number of hydrogen-bond acceptors (Lipinski definition) is 5. The largest absolute Gasteiger partial charge is 0.466 e. The van der Waals surface area contributed by atoms with Crippen molar-refractivity contribution < 1.29 is 14.1 Å². The summed E-state index contributed by atoms with van der Waals surface area (Å²) in [6.45, 7) is 7.90. The summed E-state index contributed by atoms with van der Waals surface area (Å²) in [5.41, 5.74) is 2.16. The first-order valence-corrected chi connectivity index (χ1v) is 7.03. The van der Waals surface area contributed by atoms with Crippen LogP contribution < -0.4 is 0 Å². The molecule has 0 saturated heterocycles. The van der Waals surface area contributed by atoms with Gasteiger partial charge in [0, 0.05) is 12.5 Å². The van der Waals surface area contributed by atoms with E-state index in [1.54, 1.807) is 0 Å². The minimum Gasteiger partial charge on any atom is -0.466 e. The fraction of sp³-hybridized carbons (Fsp3) is 0.438. The van der Waals surface area contributed by atoms with E-state index in [4.69, 9.17) is 4.52 Å². The Morgan fingerprint density at radius 3 is 2.62 bits per heavy atom. The summed E-state index contributed by atoms with van der Waals surface area (Å²) < 4.78 is 9.69. The van der Waals surface area contributed by atoms with E-state index in [1.807, 2.05) is 38.1 Å². The molecule has 0 bridgehead atoms. The molecule has 0 N–H and O–H groups in total. The molecule has 1 aromatic heterocycles. The van der Waals surface area contributed by atoms with Gasteiger partial charge in [-0.2, -0.15) is 4.98 Å². The Hall–Kier alpha value is -2.17. The summed E-state index contributed by atoms with van der Waals surface area (Å²) in [6, 6.07) is 7.99. The van der Waals surface area contributed by atoms with Gasteiger partial charge in [-0.25, -0.2) is 0 Å². The van der Waals surface area contributed by atoms with Crippen LogP contribution in [0.2, 0.25) is 0 Å². The molecular weight excluding hydrogens is 268 g/mol. The van der Waals surface area contributed by atoms with Crippen LogP contribution in [0, 0.1) is 13.8 Å². The van der Waals surface area contributed by atoms with Crippen molar-refractivity contribution in [3.8, 4) is 11.5 Å². The second-order valence-corrected chi connectivity index (χ2v) is 4.71. The minimum atomic E-state index is -0.182. The molecule has 0 amide bonds. The van der Waals surface area contributed by atoms with Crippen LogP contribution in [0.25, 0.3) is 11.5 Å². The molecule has 1 heterocycles. The fourth-order valence-electron chi connectivity index (χ4n) is 1.55. The first kappa shape index (κ1) is 16.9. The minimum absolute atomic E-state index is 0.182. The third-order valence-corrected chi connectivity index (χ3v) is 2.60. The van der Waals surface area contributed by atoms with Crippen molar-refractivity contribution in [2.45, 2.75) is 40.5 Å². The van der Waals surface area contributed by atoms with Crippen molar-refractivity contribution in [2.24, 2.45) is 0 Å². The number of rotatable bonds is 4. The number of nitrogens with zero attached hydrogens (tertiary/aromatic N) is 2. The van der Waals surface area contributed by atoms with Gasteiger partial charge in [-0.1, -0.05) is 36.2 Å². The average Bonchev–Trinajstić information content (AvgIpc) is 2.86. The lowest BCUT2D eigenvalue weighted by Crippen LogP contribution is -1.99. The predicted octanol–water partition coefficient (Wildman–Crippen LogP) is 3.70. The van der Waals surface area contributed by atoms with E-state index in [0.29, 0.717) is 18.3 Å². The molecule has 0 unspecified atom stereocenters. The van der Waals surface area contributed by atoms with E-state index in [2.05, 4.69) is 21.8 Å². The molecule has 5 nitrogen and oxygen atoms in total. The number of esters is 1. The number of carbonyl (C=O) groups excluding carboxylic acids is 1. The molecular formula is C16H22N2O3. The maximum absolute atomic E-state index is 10.1. The van der Waals surface area contributed by atoms with E-state index in [-0.39, 0.29) is 5.97 Å². The van der Waals surface area contributed by atoms with Gasteiger partial charge in [-0.15, -0.1) is 0 Å². The van der Waals surface area contributed by atoms with Crippen molar-refractivity contribution >= 4 is 5.97 Å². The molecule has 114 valence electrons. The predicted molar refractivity (Wildman–Crippen MR) is 80.7 cm³/mol. The van der Waals surface area contributed by atoms with Gasteiger partial charge in [0.05, 0.1) is 6.61 Å². The highest BCUT2D eigenvalue weighted by molar-refractivity contribution is 5.65. The summed E-state index contributed by atoms with van der Waals surface area (Å²) in [6.07, 6.45) is 2.05. The lowest BCUT2D eigenvalue weighted by atomic mass is 10.1. The van der Waals surface area contributed by atoms with Crippen molar-refractivity contribution in [3.63, 3.8) is 0 Å². The van der Waals surface area contributed by atoms with Crippen molar-refractivity contribution in [1.82, 2.24) is 10.1 Å². The molecule has 0 aliphatic rings. The Balaban J connectivity index is 0.000000240. The lowest BCUT2D eigenvalue weighted by Gasteiger charge is -1.96. The standard InChI is InChI=1S/C10H10N2O.C6H12O2/c1-7-4-3-5-9(6-7)10-11-8(2)12-13-10;1-3-4-5-8-6(2)7/h3-6H,1-2H3;3-5H2,1-2H3. The quantitative estimate of drug-likeness (QED) is 0.634. The average molecular weight is 290 g/mol. The number of unbranched alkanes of at least 4 members (excludes halogenated alkanes) is 1. The molecule has 0 aliphatic heterocycles. The smallest absolute Gasteiger partial charge is 0.302 e. The van der Waals surface area contributed by atoms with Gasteiger partial charge in [0.15, 0.2) is 5.82 Å². The first-order valence-electron chi connectivity index (χ1n) is 7.03. The zero-order chi connectivity index (χ0) is 15.7. The van der Waals surface area contributed by atoms with Gasteiger partial charge in [-0.3, -0.25) is 4.79 Å². The highest BCUT2D eigenvalue weighted by atomic mass is 16.5. The molecule has 1 aromatic carbocycles. The maximum Gasteiger partial charge on any atom is 0.302 e. The summed E-state index contributed by atoms with van der Waals surface area (Å²) >= 11 is 0. The summed E-state index contributed by atoms with van der Waals surface area (Å²) in [5.74, 6) is 1.07. The zero-order valence-corrected chi connectivity index (χ0v) is 13.0. The Kier molecular flexibility index (Phi) is 7.15. The topological polar surface area (TPSA) is 65.2 Å². The van der Waals surface area contributed by atoms with Crippen LogP contribution in [0.5, 0.6) is 0 Å².